The fourth-order valence-electron chi connectivity index (χ4n) is 3.34. The quantitative estimate of drug-likeness (QED) is 0.543. The zero-order valence-electron chi connectivity index (χ0n) is 12.9. The van der Waals surface area contributed by atoms with E-state index < -0.39 is 13.9 Å². The largest absolute Gasteiger partial charge is 0.551 e. The van der Waals surface area contributed by atoms with E-state index >= 15 is 0 Å². The molecular weight excluding hydrogens is 244 g/mol. The van der Waals surface area contributed by atoms with Crippen LogP contribution in [0, 0.1) is 0 Å². The van der Waals surface area contributed by atoms with Crippen molar-refractivity contribution in [3.05, 3.63) is 0 Å². The van der Waals surface area contributed by atoms with E-state index in [0.717, 1.165) is 12.8 Å². The number of esters is 1. The minimum absolute atomic E-state index is 0.179. The molecule has 0 aromatic heterocycles. The van der Waals surface area contributed by atoms with Crippen molar-refractivity contribution < 1.29 is 14.0 Å². The van der Waals surface area contributed by atoms with Gasteiger partial charge in [-0.1, -0.05) is 41.5 Å². The summed E-state index contributed by atoms with van der Waals surface area (Å²) < 4.78 is 11.5. The molecule has 1 aliphatic carbocycles. The molecule has 0 heterocycles. The average molecular weight is 272 g/mol. The van der Waals surface area contributed by atoms with Crippen LogP contribution in [0.3, 0.4) is 0 Å². The van der Waals surface area contributed by atoms with E-state index in [1.54, 1.807) is 0 Å². The third kappa shape index (κ3) is 2.50. The average Bonchev–Trinajstić information content (AvgIpc) is 3.04. The number of hydrogen-bond acceptors (Lipinski definition) is 3. The van der Waals surface area contributed by atoms with Crippen molar-refractivity contribution in [2.24, 2.45) is 0 Å². The molecule has 4 heteroatoms. The summed E-state index contributed by atoms with van der Waals surface area (Å²) >= 11 is 0. The number of methoxy groups -OCH3 is 1. The normalized spacial score (nSPS) is 18.6. The Balaban J connectivity index is 3.03. The zero-order valence-corrected chi connectivity index (χ0v) is 13.9. The van der Waals surface area contributed by atoms with E-state index in [-0.39, 0.29) is 5.97 Å². The monoisotopic (exact) mass is 272 g/mol. The van der Waals surface area contributed by atoms with Crippen LogP contribution in [-0.4, -0.2) is 27.0 Å². The van der Waals surface area contributed by atoms with Crippen molar-refractivity contribution in [2.75, 3.05) is 7.11 Å². The van der Waals surface area contributed by atoms with Gasteiger partial charge in [0.1, 0.15) is 5.60 Å². The van der Waals surface area contributed by atoms with Crippen molar-refractivity contribution in [3.63, 3.8) is 0 Å². The van der Waals surface area contributed by atoms with Gasteiger partial charge in [-0.3, -0.25) is 0 Å². The van der Waals surface area contributed by atoms with Crippen molar-refractivity contribution in [2.45, 2.75) is 76.6 Å². The van der Waals surface area contributed by atoms with Gasteiger partial charge in [0.15, 0.2) is 0 Å². The molecule has 0 atom stereocenters. The second-order valence-electron chi connectivity index (χ2n) is 6.41. The first-order chi connectivity index (χ1) is 8.23. The van der Waals surface area contributed by atoms with Crippen LogP contribution in [0.4, 0.5) is 0 Å². The molecule has 1 saturated carbocycles. The molecule has 1 fully saturated rings. The van der Waals surface area contributed by atoms with Crippen molar-refractivity contribution >= 4 is 14.3 Å². The predicted octanol–water partition coefficient (Wildman–Crippen LogP) is 3.88. The second-order valence-corrected chi connectivity index (χ2v) is 11.8. The lowest BCUT2D eigenvalue weighted by Crippen LogP contribution is -2.52. The van der Waals surface area contributed by atoms with E-state index in [1.807, 2.05) is 0 Å². The highest BCUT2D eigenvalue weighted by atomic mass is 28.4. The first kappa shape index (κ1) is 15.7. The van der Waals surface area contributed by atoms with Gasteiger partial charge in [-0.25, -0.2) is 4.79 Å². The molecule has 0 aliphatic heterocycles. The summed E-state index contributed by atoms with van der Waals surface area (Å²) in [7, 11) is -0.527. The molecule has 18 heavy (non-hydrogen) atoms. The number of hydrogen-bond donors (Lipinski definition) is 0. The number of carbonyl (C=O) groups excluding carboxylic acids is 1. The van der Waals surface area contributed by atoms with E-state index in [1.165, 1.54) is 7.11 Å². The molecule has 1 rings (SSSR count). The van der Waals surface area contributed by atoms with Crippen LogP contribution in [-0.2, 0) is 14.0 Å². The Morgan fingerprint density at radius 2 is 1.39 bits per heavy atom. The number of rotatable bonds is 6. The third-order valence-corrected chi connectivity index (χ3v) is 10.5. The number of carbonyl (C=O) groups is 1. The fraction of sp³-hybridized carbons (Fsp3) is 0.929. The summed E-state index contributed by atoms with van der Waals surface area (Å²) in [5.74, 6) is -0.179. The van der Waals surface area contributed by atoms with Crippen LogP contribution >= 0.6 is 0 Å². The Morgan fingerprint density at radius 1 is 1.00 bits per heavy atom. The highest BCUT2D eigenvalue weighted by molar-refractivity contribution is 6.77. The molecule has 0 radical (unpaired) electrons. The summed E-state index contributed by atoms with van der Waals surface area (Å²) in [4.78, 5) is 11.9. The van der Waals surface area contributed by atoms with Crippen molar-refractivity contribution in [3.8, 4) is 0 Å². The van der Waals surface area contributed by atoms with Gasteiger partial charge in [-0.2, -0.15) is 0 Å². The lowest BCUT2D eigenvalue weighted by Gasteiger charge is -2.56. The van der Waals surface area contributed by atoms with Crippen LogP contribution in [0.1, 0.15) is 54.4 Å². The Kier molecular flexibility index (Phi) is 4.65. The maximum Gasteiger partial charge on any atom is 0.334 e. The van der Waals surface area contributed by atoms with Crippen LogP contribution in [0.25, 0.3) is 0 Å². The molecule has 0 aromatic rings. The standard InChI is InChI=1S/C14H28O3Si/c1-10(2)18(11(3)4,12(5)6)17-14(8-9-14)13(15)16-7/h10-12H,8-9H2,1-7H3/q-1. The number of ether oxygens (including phenoxy) is 1. The molecule has 3 nitrogen and oxygen atoms in total. The summed E-state index contributed by atoms with van der Waals surface area (Å²) in [5.41, 5.74) is 0.888. The molecule has 0 unspecified atom stereocenters. The lowest BCUT2D eigenvalue weighted by molar-refractivity contribution is -0.151. The van der Waals surface area contributed by atoms with Gasteiger partial charge in [-0.15, -0.1) is 16.6 Å². The first-order valence-electron chi connectivity index (χ1n) is 7.01. The summed E-state index contributed by atoms with van der Waals surface area (Å²) in [5, 5.41) is 0. The highest BCUT2D eigenvalue weighted by Crippen LogP contribution is 2.51. The lowest BCUT2D eigenvalue weighted by atomic mass is 10.4. The summed E-state index contributed by atoms with van der Waals surface area (Å²) in [6.07, 6.45) is 1.64. The molecule has 0 N–H and O–H groups in total. The molecule has 0 bridgehead atoms. The zero-order chi connectivity index (χ0) is 14.1. The maximum atomic E-state index is 11.9. The van der Waals surface area contributed by atoms with E-state index in [4.69, 9.17) is 9.16 Å². The Labute approximate surface area is 112 Å². The maximum absolute atomic E-state index is 11.9. The van der Waals surface area contributed by atoms with Gasteiger partial charge in [0.05, 0.1) is 7.11 Å². The molecule has 1 aliphatic rings. The van der Waals surface area contributed by atoms with E-state index in [9.17, 15) is 4.79 Å². The summed E-state index contributed by atoms with van der Waals surface area (Å²) in [6.45, 7) is 13.4. The van der Waals surface area contributed by atoms with Crippen LogP contribution in [0.5, 0.6) is 0 Å². The van der Waals surface area contributed by atoms with Gasteiger partial charge >= 0.3 is 5.97 Å². The Morgan fingerprint density at radius 3 is 1.61 bits per heavy atom. The highest BCUT2D eigenvalue weighted by Gasteiger charge is 2.54. The van der Waals surface area contributed by atoms with E-state index in [2.05, 4.69) is 41.5 Å². The molecule has 0 amide bonds. The van der Waals surface area contributed by atoms with Crippen molar-refractivity contribution in [1.29, 1.82) is 0 Å². The molecule has 107 valence electrons. The van der Waals surface area contributed by atoms with Gasteiger partial charge in [0.2, 0.25) is 0 Å². The minimum Gasteiger partial charge on any atom is -0.551 e. The van der Waals surface area contributed by atoms with Gasteiger partial charge < -0.3 is 9.16 Å². The van der Waals surface area contributed by atoms with Crippen LogP contribution in [0.2, 0.25) is 16.6 Å². The predicted molar refractivity (Wildman–Crippen MR) is 76.1 cm³/mol. The van der Waals surface area contributed by atoms with Gasteiger partial charge in [0, 0.05) is 0 Å². The Hall–Kier alpha value is -0.353. The van der Waals surface area contributed by atoms with Gasteiger partial charge in [-0.05, 0) is 21.2 Å². The smallest absolute Gasteiger partial charge is 0.334 e. The molecule has 0 saturated heterocycles. The minimum atomic E-state index is -1.98. The SMILES string of the molecule is COC(=O)C1(O[Si-](C(C)C)(C(C)C)C(C)C)CC1. The van der Waals surface area contributed by atoms with E-state index in [0.29, 0.717) is 16.6 Å². The Bertz CT molecular complexity index is 284. The fourth-order valence-corrected chi connectivity index (χ4v) is 9.01. The molecule has 0 aromatic carbocycles. The van der Waals surface area contributed by atoms with Crippen LogP contribution in [0.15, 0.2) is 0 Å². The topological polar surface area (TPSA) is 35.5 Å². The first-order valence-corrected chi connectivity index (χ1v) is 9.15. The molecule has 0 spiro atoms. The molecular formula is C14H28O3Si-. The third-order valence-electron chi connectivity index (χ3n) is 4.34. The van der Waals surface area contributed by atoms with Gasteiger partial charge in [0.25, 0.3) is 0 Å². The second kappa shape index (κ2) is 5.33. The summed E-state index contributed by atoms with van der Waals surface area (Å²) in [6, 6.07) is 0. The van der Waals surface area contributed by atoms with Crippen molar-refractivity contribution in [1.82, 2.24) is 0 Å². The van der Waals surface area contributed by atoms with Crippen LogP contribution < -0.4 is 0 Å².